The van der Waals surface area contributed by atoms with Crippen LogP contribution in [0.25, 0.3) is 0 Å². The molecular weight excluding hydrogens is 232 g/mol. The van der Waals surface area contributed by atoms with E-state index in [1.165, 1.54) is 5.56 Å². The summed E-state index contributed by atoms with van der Waals surface area (Å²) in [6.07, 6.45) is -1.03. The van der Waals surface area contributed by atoms with Gasteiger partial charge in [-0.1, -0.05) is 30.3 Å². The van der Waals surface area contributed by atoms with Crippen LogP contribution in [0.2, 0.25) is 0 Å². The number of carbonyl (C=O) groups is 1. The number of likely N-dealkylation sites (tertiary alicyclic amines) is 1. The smallest absolute Gasteiger partial charge is 0.404 e. The summed E-state index contributed by atoms with van der Waals surface area (Å²) in [4.78, 5) is 12.8. The third-order valence-corrected chi connectivity index (χ3v) is 3.31. The molecule has 1 aromatic rings. The minimum Gasteiger partial charge on any atom is -0.465 e. The molecule has 1 heterocycles. The van der Waals surface area contributed by atoms with E-state index >= 15 is 0 Å². The van der Waals surface area contributed by atoms with E-state index in [9.17, 15) is 9.90 Å². The number of benzene rings is 1. The van der Waals surface area contributed by atoms with Crippen molar-refractivity contribution in [2.75, 3.05) is 19.7 Å². The highest BCUT2D eigenvalue weighted by Crippen LogP contribution is 2.19. The third kappa shape index (κ3) is 3.21. The molecule has 98 valence electrons. The summed E-state index contributed by atoms with van der Waals surface area (Å²) in [7, 11) is 0. The molecule has 2 atom stereocenters. The normalized spacial score (nSPS) is 24.1. The first kappa shape index (κ1) is 12.9. The van der Waals surface area contributed by atoms with E-state index in [1.54, 1.807) is 0 Å². The number of carboxylic acid groups (broad SMARTS) is 1. The Kier molecular flexibility index (Phi) is 4.17. The molecule has 0 aliphatic carbocycles. The van der Waals surface area contributed by atoms with E-state index in [0.717, 1.165) is 13.1 Å². The quantitative estimate of drug-likeness (QED) is 0.737. The van der Waals surface area contributed by atoms with Gasteiger partial charge >= 0.3 is 6.09 Å². The number of aliphatic hydroxyl groups excluding tert-OH is 1. The van der Waals surface area contributed by atoms with Crippen LogP contribution in [0.4, 0.5) is 4.79 Å². The Morgan fingerprint density at radius 3 is 2.67 bits per heavy atom. The van der Waals surface area contributed by atoms with Gasteiger partial charge in [-0.05, 0) is 5.56 Å². The van der Waals surface area contributed by atoms with Gasteiger partial charge in [0.05, 0.1) is 6.04 Å². The van der Waals surface area contributed by atoms with Gasteiger partial charge in [-0.3, -0.25) is 4.90 Å². The Labute approximate surface area is 106 Å². The van der Waals surface area contributed by atoms with E-state index in [2.05, 4.69) is 10.2 Å². The Morgan fingerprint density at radius 2 is 2.06 bits per heavy atom. The molecular formula is C13H18N2O3. The van der Waals surface area contributed by atoms with Crippen molar-refractivity contribution in [3.8, 4) is 0 Å². The first-order chi connectivity index (χ1) is 8.69. The van der Waals surface area contributed by atoms with Crippen LogP contribution in [0.3, 0.4) is 0 Å². The molecule has 0 bridgehead atoms. The summed E-state index contributed by atoms with van der Waals surface area (Å²) < 4.78 is 0. The number of rotatable bonds is 4. The van der Waals surface area contributed by atoms with Crippen LogP contribution in [-0.2, 0) is 6.54 Å². The highest BCUT2D eigenvalue weighted by Gasteiger charge is 2.33. The maximum atomic E-state index is 10.7. The van der Waals surface area contributed by atoms with Gasteiger partial charge in [0, 0.05) is 32.2 Å². The predicted molar refractivity (Wildman–Crippen MR) is 67.2 cm³/mol. The van der Waals surface area contributed by atoms with Gasteiger partial charge in [0.15, 0.2) is 0 Å². The molecule has 0 aromatic heterocycles. The zero-order chi connectivity index (χ0) is 13.0. The fraction of sp³-hybridized carbons (Fsp3) is 0.462. The van der Waals surface area contributed by atoms with Crippen molar-refractivity contribution >= 4 is 6.09 Å². The summed E-state index contributed by atoms with van der Waals surface area (Å²) in [5.74, 6) is -0.0233. The van der Waals surface area contributed by atoms with Crippen LogP contribution in [-0.4, -0.2) is 46.9 Å². The van der Waals surface area contributed by atoms with Crippen molar-refractivity contribution in [1.29, 1.82) is 0 Å². The van der Waals surface area contributed by atoms with Gasteiger partial charge < -0.3 is 15.5 Å². The summed E-state index contributed by atoms with van der Waals surface area (Å²) in [6.45, 7) is 2.16. The molecule has 5 heteroatoms. The molecule has 0 saturated carbocycles. The van der Waals surface area contributed by atoms with Gasteiger partial charge in [0.2, 0.25) is 0 Å². The summed E-state index contributed by atoms with van der Waals surface area (Å²) in [5, 5.41) is 20.5. The van der Waals surface area contributed by atoms with Gasteiger partial charge in [0.25, 0.3) is 0 Å². The van der Waals surface area contributed by atoms with E-state index in [0.29, 0.717) is 6.54 Å². The summed E-state index contributed by atoms with van der Waals surface area (Å²) >= 11 is 0. The van der Waals surface area contributed by atoms with Crippen LogP contribution in [0, 0.1) is 5.92 Å². The van der Waals surface area contributed by atoms with E-state index in [-0.39, 0.29) is 18.6 Å². The molecule has 1 aliphatic heterocycles. The van der Waals surface area contributed by atoms with Crippen molar-refractivity contribution in [3.05, 3.63) is 35.9 Å². The molecule has 1 saturated heterocycles. The standard InChI is InChI=1S/C13H18N2O3/c16-9-11-7-15(8-12(11)14-13(17)18)6-10-4-2-1-3-5-10/h1-5,11-12,14,16H,6-9H2,(H,17,18). The molecule has 1 aromatic carbocycles. The number of amides is 1. The van der Waals surface area contributed by atoms with Gasteiger partial charge in [-0.2, -0.15) is 0 Å². The lowest BCUT2D eigenvalue weighted by molar-refractivity contribution is 0.177. The average Bonchev–Trinajstić information content (AvgIpc) is 2.71. The van der Waals surface area contributed by atoms with Crippen LogP contribution in [0.15, 0.2) is 30.3 Å². The number of nitrogens with one attached hydrogen (secondary N) is 1. The Bertz CT molecular complexity index is 396. The fourth-order valence-electron chi connectivity index (χ4n) is 2.44. The maximum Gasteiger partial charge on any atom is 0.404 e. The highest BCUT2D eigenvalue weighted by atomic mass is 16.4. The van der Waals surface area contributed by atoms with Crippen molar-refractivity contribution in [2.24, 2.45) is 5.92 Å². The fourth-order valence-corrected chi connectivity index (χ4v) is 2.44. The largest absolute Gasteiger partial charge is 0.465 e. The topological polar surface area (TPSA) is 72.8 Å². The SMILES string of the molecule is O=C(O)NC1CN(Cc2ccccc2)CC1CO. The monoisotopic (exact) mass is 250 g/mol. The Morgan fingerprint density at radius 1 is 1.33 bits per heavy atom. The van der Waals surface area contributed by atoms with E-state index in [1.807, 2.05) is 30.3 Å². The summed E-state index contributed by atoms with van der Waals surface area (Å²) in [6, 6.07) is 9.86. The van der Waals surface area contributed by atoms with Crippen molar-refractivity contribution in [1.82, 2.24) is 10.2 Å². The Balaban J connectivity index is 1.94. The first-order valence-electron chi connectivity index (χ1n) is 6.05. The van der Waals surface area contributed by atoms with Crippen LogP contribution < -0.4 is 5.32 Å². The van der Waals surface area contributed by atoms with Crippen LogP contribution >= 0.6 is 0 Å². The molecule has 2 unspecified atom stereocenters. The molecule has 5 nitrogen and oxygen atoms in total. The van der Waals surface area contributed by atoms with Crippen molar-refractivity contribution in [2.45, 2.75) is 12.6 Å². The minimum atomic E-state index is -1.03. The lowest BCUT2D eigenvalue weighted by atomic mass is 10.1. The lowest BCUT2D eigenvalue weighted by Crippen LogP contribution is -2.40. The van der Waals surface area contributed by atoms with Gasteiger partial charge in [0.1, 0.15) is 0 Å². The second-order valence-corrected chi connectivity index (χ2v) is 4.68. The van der Waals surface area contributed by atoms with Crippen molar-refractivity contribution in [3.63, 3.8) is 0 Å². The number of nitrogens with zero attached hydrogens (tertiary/aromatic N) is 1. The predicted octanol–water partition coefficient (Wildman–Crippen LogP) is 0.747. The average molecular weight is 250 g/mol. The van der Waals surface area contributed by atoms with Gasteiger partial charge in [-0.25, -0.2) is 4.79 Å². The molecule has 1 fully saturated rings. The highest BCUT2D eigenvalue weighted by molar-refractivity contribution is 5.65. The third-order valence-electron chi connectivity index (χ3n) is 3.31. The van der Waals surface area contributed by atoms with Gasteiger partial charge in [-0.15, -0.1) is 0 Å². The lowest BCUT2D eigenvalue weighted by Gasteiger charge is -2.16. The van der Waals surface area contributed by atoms with Crippen LogP contribution in [0.1, 0.15) is 5.56 Å². The molecule has 3 N–H and O–H groups in total. The second-order valence-electron chi connectivity index (χ2n) is 4.68. The molecule has 1 aliphatic rings. The molecule has 18 heavy (non-hydrogen) atoms. The molecule has 0 spiro atoms. The van der Waals surface area contributed by atoms with Crippen molar-refractivity contribution < 1.29 is 15.0 Å². The van der Waals surface area contributed by atoms with E-state index in [4.69, 9.17) is 5.11 Å². The zero-order valence-corrected chi connectivity index (χ0v) is 10.1. The zero-order valence-electron chi connectivity index (χ0n) is 10.1. The number of hydrogen-bond donors (Lipinski definition) is 3. The molecule has 1 amide bonds. The minimum absolute atomic E-state index is 0.0102. The maximum absolute atomic E-state index is 10.7. The molecule has 2 rings (SSSR count). The van der Waals surface area contributed by atoms with Crippen LogP contribution in [0.5, 0.6) is 0 Å². The number of aliphatic hydroxyl groups is 1. The Hall–Kier alpha value is -1.59. The number of hydrogen-bond acceptors (Lipinski definition) is 3. The second kappa shape index (κ2) is 5.84. The molecule has 0 radical (unpaired) electrons. The van der Waals surface area contributed by atoms with E-state index < -0.39 is 6.09 Å². The summed E-state index contributed by atoms with van der Waals surface area (Å²) in [5.41, 5.74) is 1.20. The first-order valence-corrected chi connectivity index (χ1v) is 6.05.